The molecule has 2 aromatic carbocycles. The predicted molar refractivity (Wildman–Crippen MR) is 95.0 cm³/mol. The Kier molecular flexibility index (Phi) is 4.81. The van der Waals surface area contributed by atoms with Crippen LogP contribution in [0.1, 0.15) is 12.0 Å². The highest BCUT2D eigenvalue weighted by Gasteiger charge is 2.07. The summed E-state index contributed by atoms with van der Waals surface area (Å²) < 4.78 is 0. The molecule has 1 aromatic heterocycles. The van der Waals surface area contributed by atoms with E-state index in [1.807, 2.05) is 42.5 Å². The van der Waals surface area contributed by atoms with Crippen molar-refractivity contribution in [2.24, 2.45) is 0 Å². The molecule has 1 N–H and O–H groups in total. The third kappa shape index (κ3) is 3.70. The molecule has 0 aliphatic carbocycles. The van der Waals surface area contributed by atoms with Crippen molar-refractivity contribution in [3.05, 3.63) is 70.3 Å². The fourth-order valence-electron chi connectivity index (χ4n) is 2.49. The molecule has 0 fully saturated rings. The molecule has 0 atom stereocenters. The van der Waals surface area contributed by atoms with E-state index in [1.54, 1.807) is 6.20 Å². The van der Waals surface area contributed by atoms with Crippen molar-refractivity contribution in [3.8, 4) is 0 Å². The van der Waals surface area contributed by atoms with E-state index in [1.165, 1.54) is 17.7 Å². The number of nitrogens with zero attached hydrogens (tertiary/aromatic N) is 1. The maximum absolute atomic E-state index is 5.85. The first kappa shape index (κ1) is 15.1. The van der Waals surface area contributed by atoms with E-state index >= 15 is 0 Å². The Balaban J connectivity index is 0.000000131. The quantitative estimate of drug-likeness (QED) is 0.581. The van der Waals surface area contributed by atoms with Crippen LogP contribution in [0.3, 0.4) is 0 Å². The Morgan fingerprint density at radius 2 is 1.77 bits per heavy atom. The minimum Gasteiger partial charge on any atom is -0.385 e. The van der Waals surface area contributed by atoms with Gasteiger partial charge in [0.15, 0.2) is 0 Å². The van der Waals surface area contributed by atoms with E-state index in [0.717, 1.165) is 33.9 Å². The van der Waals surface area contributed by atoms with Gasteiger partial charge in [0.1, 0.15) is 0 Å². The summed E-state index contributed by atoms with van der Waals surface area (Å²) in [6.45, 7) is 1.09. The summed E-state index contributed by atoms with van der Waals surface area (Å²) in [5.74, 6) is 0. The second-order valence-electron chi connectivity index (χ2n) is 5.17. The van der Waals surface area contributed by atoms with Crippen LogP contribution in [-0.2, 0) is 6.42 Å². The van der Waals surface area contributed by atoms with Gasteiger partial charge in [-0.05, 0) is 60.9 Å². The van der Waals surface area contributed by atoms with Gasteiger partial charge in [-0.2, -0.15) is 0 Å². The molecule has 0 bridgehead atoms. The summed E-state index contributed by atoms with van der Waals surface area (Å²) in [7, 11) is 0. The maximum atomic E-state index is 5.85. The number of hydrogen-bond donors (Lipinski definition) is 1. The van der Waals surface area contributed by atoms with Gasteiger partial charge in [-0.15, -0.1) is 0 Å². The Labute approximate surface area is 140 Å². The molecule has 112 valence electrons. The number of fused-ring (bicyclic) bond motifs is 2. The Morgan fingerprint density at radius 1 is 0.955 bits per heavy atom. The van der Waals surface area contributed by atoms with Crippen LogP contribution in [-0.4, -0.2) is 11.5 Å². The van der Waals surface area contributed by atoms with Gasteiger partial charge in [0.05, 0.1) is 5.52 Å². The number of hydrogen-bond acceptors (Lipinski definition) is 2. The second kappa shape index (κ2) is 6.99. The molecule has 3 aromatic rings. The van der Waals surface area contributed by atoms with E-state index < -0.39 is 0 Å². The molecule has 0 spiro atoms. The normalized spacial score (nSPS) is 12.8. The van der Waals surface area contributed by atoms with Crippen LogP contribution >= 0.6 is 23.2 Å². The largest absolute Gasteiger partial charge is 0.385 e. The second-order valence-corrected chi connectivity index (χ2v) is 6.05. The predicted octanol–water partition coefficient (Wildman–Crippen LogP) is 5.59. The van der Waals surface area contributed by atoms with E-state index in [0.29, 0.717) is 0 Å². The third-order valence-electron chi connectivity index (χ3n) is 3.57. The molecule has 4 heteroatoms. The lowest BCUT2D eigenvalue weighted by Crippen LogP contribution is -2.11. The standard InChI is InChI=1S/C9H10ClN.C9H6ClN/c2*10-8-3-4-9-7(6-8)2-1-5-11-9/h3-4,6,11H,1-2,5H2;1-6H. The first-order chi connectivity index (χ1) is 10.7. The van der Waals surface area contributed by atoms with Crippen LogP contribution in [0.25, 0.3) is 10.9 Å². The summed E-state index contributed by atoms with van der Waals surface area (Å²) in [5.41, 5.74) is 3.58. The van der Waals surface area contributed by atoms with Crippen LogP contribution in [0.5, 0.6) is 0 Å². The van der Waals surface area contributed by atoms with Gasteiger partial charge < -0.3 is 5.32 Å². The molecule has 2 nitrogen and oxygen atoms in total. The minimum absolute atomic E-state index is 0.755. The minimum atomic E-state index is 0.755. The van der Waals surface area contributed by atoms with Crippen LogP contribution in [0.2, 0.25) is 10.0 Å². The number of benzene rings is 2. The van der Waals surface area contributed by atoms with E-state index in [2.05, 4.69) is 16.4 Å². The summed E-state index contributed by atoms with van der Waals surface area (Å²) in [5, 5.41) is 6.01. The fourth-order valence-corrected chi connectivity index (χ4v) is 2.87. The number of aryl methyl sites for hydroxylation is 1. The molecule has 0 saturated carbocycles. The van der Waals surface area contributed by atoms with Crippen molar-refractivity contribution in [1.29, 1.82) is 0 Å². The van der Waals surface area contributed by atoms with Gasteiger partial charge in [-0.3, -0.25) is 4.98 Å². The van der Waals surface area contributed by atoms with Gasteiger partial charge in [-0.25, -0.2) is 0 Å². The van der Waals surface area contributed by atoms with Crippen molar-refractivity contribution in [1.82, 2.24) is 4.98 Å². The lowest BCUT2D eigenvalue weighted by atomic mass is 10.0. The first-order valence-corrected chi connectivity index (χ1v) is 8.00. The van der Waals surface area contributed by atoms with Crippen molar-refractivity contribution < 1.29 is 0 Å². The van der Waals surface area contributed by atoms with Crippen molar-refractivity contribution in [2.75, 3.05) is 11.9 Å². The number of nitrogens with one attached hydrogen (secondary N) is 1. The van der Waals surface area contributed by atoms with Gasteiger partial charge in [0, 0.05) is 33.9 Å². The molecular weight excluding hydrogens is 315 g/mol. The molecule has 0 amide bonds. The van der Waals surface area contributed by atoms with Gasteiger partial charge in [0.2, 0.25) is 0 Å². The summed E-state index contributed by atoms with van der Waals surface area (Å²) >= 11 is 11.6. The lowest BCUT2D eigenvalue weighted by molar-refractivity contribution is 0.830. The number of anilines is 1. The SMILES string of the molecule is Clc1ccc2c(c1)CCCN2.Clc1ccc2ncccc2c1. The van der Waals surface area contributed by atoms with E-state index in [4.69, 9.17) is 23.2 Å². The maximum Gasteiger partial charge on any atom is 0.0702 e. The molecule has 0 unspecified atom stereocenters. The van der Waals surface area contributed by atoms with Crippen LogP contribution in [0.15, 0.2) is 54.7 Å². The topological polar surface area (TPSA) is 24.9 Å². The molecular formula is C18H16Cl2N2. The molecule has 0 radical (unpaired) electrons. The average molecular weight is 331 g/mol. The van der Waals surface area contributed by atoms with Gasteiger partial charge in [-0.1, -0.05) is 29.3 Å². The van der Waals surface area contributed by atoms with Crippen molar-refractivity contribution in [3.63, 3.8) is 0 Å². The number of rotatable bonds is 0. The van der Waals surface area contributed by atoms with Crippen molar-refractivity contribution in [2.45, 2.75) is 12.8 Å². The number of halogens is 2. The van der Waals surface area contributed by atoms with Crippen molar-refractivity contribution >= 4 is 39.8 Å². The number of aromatic nitrogens is 1. The Morgan fingerprint density at radius 3 is 2.68 bits per heavy atom. The van der Waals surface area contributed by atoms with Crippen LogP contribution in [0, 0.1) is 0 Å². The monoisotopic (exact) mass is 330 g/mol. The third-order valence-corrected chi connectivity index (χ3v) is 4.04. The van der Waals surface area contributed by atoms with Crippen LogP contribution < -0.4 is 5.32 Å². The highest BCUT2D eigenvalue weighted by atomic mass is 35.5. The summed E-state index contributed by atoms with van der Waals surface area (Å²) in [4.78, 5) is 4.16. The van der Waals surface area contributed by atoms with E-state index in [-0.39, 0.29) is 0 Å². The zero-order valence-electron chi connectivity index (χ0n) is 12.0. The highest BCUT2D eigenvalue weighted by molar-refractivity contribution is 6.31. The zero-order valence-corrected chi connectivity index (χ0v) is 13.5. The Hall–Kier alpha value is -1.77. The number of pyridine rings is 1. The van der Waals surface area contributed by atoms with E-state index in [9.17, 15) is 0 Å². The molecule has 2 heterocycles. The smallest absolute Gasteiger partial charge is 0.0702 e. The highest BCUT2D eigenvalue weighted by Crippen LogP contribution is 2.24. The Bertz CT molecular complexity index is 787. The van der Waals surface area contributed by atoms with Crippen LogP contribution in [0.4, 0.5) is 5.69 Å². The summed E-state index contributed by atoms with van der Waals surface area (Å²) in [6, 6.07) is 15.6. The lowest BCUT2D eigenvalue weighted by Gasteiger charge is -2.17. The van der Waals surface area contributed by atoms with Gasteiger partial charge >= 0.3 is 0 Å². The molecule has 22 heavy (non-hydrogen) atoms. The average Bonchev–Trinajstić information content (AvgIpc) is 2.55. The molecule has 1 aliphatic rings. The molecule has 4 rings (SSSR count). The molecule has 0 saturated heterocycles. The zero-order chi connectivity index (χ0) is 15.4. The fraction of sp³-hybridized carbons (Fsp3) is 0.167. The first-order valence-electron chi connectivity index (χ1n) is 7.25. The van der Waals surface area contributed by atoms with Gasteiger partial charge in [0.25, 0.3) is 0 Å². The molecule has 1 aliphatic heterocycles. The summed E-state index contributed by atoms with van der Waals surface area (Å²) in [6.07, 6.45) is 4.15.